The number of carbonyl (C=O) groups is 3. The Bertz CT molecular complexity index is 716. The van der Waals surface area contributed by atoms with Crippen molar-refractivity contribution in [3.63, 3.8) is 0 Å². The molecule has 1 amide bonds. The number of carbonyl (C=O) groups excluding carboxylic acids is 3. The van der Waals surface area contributed by atoms with Gasteiger partial charge in [-0.3, -0.25) is 9.59 Å². The highest BCUT2D eigenvalue weighted by molar-refractivity contribution is 6.01. The molecule has 1 aromatic carbocycles. The van der Waals surface area contributed by atoms with E-state index in [4.69, 9.17) is 4.74 Å². The molecular weight excluding hydrogens is 382 g/mol. The molecule has 1 unspecified atom stereocenters. The van der Waals surface area contributed by atoms with E-state index in [1.54, 1.807) is 38.1 Å². The SMILES string of the molecule is CCCC(CC)CCC(=O)NC(C)(C)C(=O)OCc1ccc(C(=O)C(C)(C)O)cc1. The lowest BCUT2D eigenvalue weighted by molar-refractivity contribution is -0.153. The van der Waals surface area contributed by atoms with Crippen LogP contribution in [0, 0.1) is 5.92 Å². The van der Waals surface area contributed by atoms with Gasteiger partial charge in [0.2, 0.25) is 5.91 Å². The van der Waals surface area contributed by atoms with Crippen LogP contribution in [0.1, 0.15) is 89.6 Å². The molecule has 2 N–H and O–H groups in total. The van der Waals surface area contributed by atoms with Crippen molar-refractivity contribution in [1.82, 2.24) is 5.32 Å². The lowest BCUT2D eigenvalue weighted by Gasteiger charge is -2.24. The van der Waals surface area contributed by atoms with Gasteiger partial charge in [0.1, 0.15) is 17.7 Å². The van der Waals surface area contributed by atoms with Crippen LogP contribution in [0.3, 0.4) is 0 Å². The summed E-state index contributed by atoms with van der Waals surface area (Å²) < 4.78 is 5.36. The van der Waals surface area contributed by atoms with Crippen LogP contribution in [0.15, 0.2) is 24.3 Å². The summed E-state index contributed by atoms with van der Waals surface area (Å²) in [6, 6.07) is 6.54. The second kappa shape index (κ2) is 11.3. The Morgan fingerprint density at radius 2 is 1.63 bits per heavy atom. The average molecular weight is 420 g/mol. The minimum absolute atomic E-state index is 0.0313. The highest BCUT2D eigenvalue weighted by Crippen LogP contribution is 2.18. The Kier molecular flexibility index (Phi) is 9.69. The summed E-state index contributed by atoms with van der Waals surface area (Å²) in [5, 5.41) is 12.6. The molecular formula is C24H37NO5. The van der Waals surface area contributed by atoms with Crippen molar-refractivity contribution in [2.75, 3.05) is 0 Å². The Labute approximate surface area is 180 Å². The van der Waals surface area contributed by atoms with Gasteiger partial charge in [0, 0.05) is 12.0 Å². The van der Waals surface area contributed by atoms with Gasteiger partial charge >= 0.3 is 5.97 Å². The van der Waals surface area contributed by atoms with Crippen molar-refractivity contribution >= 4 is 17.7 Å². The molecule has 1 rings (SSSR count). The molecule has 6 heteroatoms. The minimum Gasteiger partial charge on any atom is -0.459 e. The third-order valence-corrected chi connectivity index (χ3v) is 5.16. The standard InChI is InChI=1S/C24H37NO5/c1-7-9-17(8-2)12-15-20(26)25-23(3,4)22(28)30-16-18-10-13-19(14-11-18)21(27)24(5,6)29/h10-11,13-14,17,29H,7-9,12,15-16H2,1-6H3,(H,25,26). The Hall–Kier alpha value is -2.21. The van der Waals surface area contributed by atoms with Crippen molar-refractivity contribution in [2.24, 2.45) is 5.92 Å². The predicted molar refractivity (Wildman–Crippen MR) is 117 cm³/mol. The van der Waals surface area contributed by atoms with E-state index in [2.05, 4.69) is 19.2 Å². The lowest BCUT2D eigenvalue weighted by atomic mass is 9.95. The first-order valence-corrected chi connectivity index (χ1v) is 10.7. The van der Waals surface area contributed by atoms with Gasteiger partial charge in [0.15, 0.2) is 5.78 Å². The third kappa shape index (κ3) is 8.27. The largest absolute Gasteiger partial charge is 0.459 e. The van der Waals surface area contributed by atoms with Gasteiger partial charge < -0.3 is 15.2 Å². The van der Waals surface area contributed by atoms with Crippen LogP contribution in [0.5, 0.6) is 0 Å². The molecule has 0 spiro atoms. The predicted octanol–water partition coefficient (Wildman–Crippen LogP) is 4.18. The summed E-state index contributed by atoms with van der Waals surface area (Å²) in [5.41, 5.74) is -1.47. The number of ketones is 1. The monoisotopic (exact) mass is 419 g/mol. The summed E-state index contributed by atoms with van der Waals surface area (Å²) in [5.74, 6) is -0.518. The van der Waals surface area contributed by atoms with Gasteiger partial charge in [-0.15, -0.1) is 0 Å². The van der Waals surface area contributed by atoms with Crippen LogP contribution >= 0.6 is 0 Å². The first kappa shape index (κ1) is 25.8. The van der Waals surface area contributed by atoms with Crippen molar-refractivity contribution in [2.45, 2.75) is 91.4 Å². The molecule has 0 radical (unpaired) electrons. The summed E-state index contributed by atoms with van der Waals surface area (Å²) in [4.78, 5) is 36.8. The number of aliphatic hydroxyl groups is 1. The van der Waals surface area contributed by atoms with E-state index in [9.17, 15) is 19.5 Å². The Morgan fingerprint density at radius 3 is 2.13 bits per heavy atom. The molecule has 0 aliphatic heterocycles. The van der Waals surface area contributed by atoms with Crippen molar-refractivity contribution in [3.8, 4) is 0 Å². The van der Waals surface area contributed by atoms with E-state index >= 15 is 0 Å². The summed E-state index contributed by atoms with van der Waals surface area (Å²) >= 11 is 0. The van der Waals surface area contributed by atoms with Gasteiger partial charge in [-0.2, -0.15) is 0 Å². The van der Waals surface area contributed by atoms with E-state index in [0.29, 0.717) is 23.5 Å². The molecule has 0 fully saturated rings. The number of rotatable bonds is 12. The summed E-state index contributed by atoms with van der Waals surface area (Å²) in [7, 11) is 0. The molecule has 0 aliphatic rings. The van der Waals surface area contributed by atoms with Crippen LogP contribution in [-0.2, 0) is 20.9 Å². The van der Waals surface area contributed by atoms with Gasteiger partial charge in [0.25, 0.3) is 0 Å². The molecule has 0 bridgehead atoms. The number of Topliss-reactive ketones (excluding diaryl/α,β-unsaturated/α-hetero) is 1. The number of nitrogens with one attached hydrogen (secondary N) is 1. The number of ether oxygens (including phenoxy) is 1. The maximum atomic E-state index is 12.5. The molecule has 1 aromatic rings. The number of amides is 1. The maximum absolute atomic E-state index is 12.5. The fraction of sp³-hybridized carbons (Fsp3) is 0.625. The van der Waals surface area contributed by atoms with Gasteiger partial charge in [0.05, 0.1) is 0 Å². The molecule has 1 atom stereocenters. The van der Waals surface area contributed by atoms with Crippen LogP contribution in [-0.4, -0.2) is 33.9 Å². The lowest BCUT2D eigenvalue weighted by Crippen LogP contribution is -2.50. The minimum atomic E-state index is -1.44. The van der Waals surface area contributed by atoms with Crippen LogP contribution < -0.4 is 5.32 Å². The van der Waals surface area contributed by atoms with E-state index in [0.717, 1.165) is 25.7 Å². The van der Waals surface area contributed by atoms with Crippen LogP contribution in [0.25, 0.3) is 0 Å². The average Bonchev–Trinajstić information content (AvgIpc) is 2.68. The molecule has 0 heterocycles. The highest BCUT2D eigenvalue weighted by Gasteiger charge is 2.31. The molecule has 6 nitrogen and oxygen atoms in total. The molecule has 0 saturated heterocycles. The Balaban J connectivity index is 2.56. The first-order valence-electron chi connectivity index (χ1n) is 10.7. The third-order valence-electron chi connectivity index (χ3n) is 5.16. The van der Waals surface area contributed by atoms with Gasteiger partial charge in [-0.05, 0) is 45.6 Å². The van der Waals surface area contributed by atoms with Crippen LogP contribution in [0.2, 0.25) is 0 Å². The zero-order valence-electron chi connectivity index (χ0n) is 19.2. The fourth-order valence-electron chi connectivity index (χ4n) is 3.19. The van der Waals surface area contributed by atoms with Crippen molar-refractivity contribution in [1.29, 1.82) is 0 Å². The molecule has 0 aromatic heterocycles. The highest BCUT2D eigenvalue weighted by atomic mass is 16.5. The molecule has 0 saturated carbocycles. The second-order valence-corrected chi connectivity index (χ2v) is 8.94. The zero-order valence-corrected chi connectivity index (χ0v) is 19.2. The van der Waals surface area contributed by atoms with Crippen molar-refractivity contribution < 1.29 is 24.2 Å². The molecule has 168 valence electrons. The zero-order chi connectivity index (χ0) is 22.9. The fourth-order valence-corrected chi connectivity index (χ4v) is 3.19. The number of hydrogen-bond donors (Lipinski definition) is 2. The smallest absolute Gasteiger partial charge is 0.331 e. The van der Waals surface area contributed by atoms with Crippen LogP contribution in [0.4, 0.5) is 0 Å². The quantitative estimate of drug-likeness (QED) is 0.391. The number of benzene rings is 1. The maximum Gasteiger partial charge on any atom is 0.331 e. The Morgan fingerprint density at radius 1 is 1.03 bits per heavy atom. The molecule has 30 heavy (non-hydrogen) atoms. The molecule has 0 aliphatic carbocycles. The van der Waals surface area contributed by atoms with Gasteiger partial charge in [-0.25, -0.2) is 4.79 Å². The van der Waals surface area contributed by atoms with E-state index in [1.165, 1.54) is 13.8 Å². The van der Waals surface area contributed by atoms with Crippen molar-refractivity contribution in [3.05, 3.63) is 35.4 Å². The summed E-state index contributed by atoms with van der Waals surface area (Å²) in [6.45, 7) is 10.4. The summed E-state index contributed by atoms with van der Waals surface area (Å²) in [6.07, 6.45) is 4.47. The topological polar surface area (TPSA) is 92.7 Å². The number of hydrogen-bond acceptors (Lipinski definition) is 5. The van der Waals surface area contributed by atoms with E-state index < -0.39 is 17.1 Å². The second-order valence-electron chi connectivity index (χ2n) is 8.94. The first-order chi connectivity index (χ1) is 13.9. The normalized spacial score (nSPS) is 12.9. The van der Waals surface area contributed by atoms with Gasteiger partial charge in [-0.1, -0.05) is 57.4 Å². The van der Waals surface area contributed by atoms with E-state index in [1.807, 2.05) is 0 Å². The van der Waals surface area contributed by atoms with E-state index in [-0.39, 0.29) is 18.3 Å². The number of esters is 1.